The second-order valence-electron chi connectivity index (χ2n) is 5.07. The number of amides is 1. The number of carbonyl (C=O) groups is 1. The van der Waals surface area contributed by atoms with Crippen LogP contribution in [0.5, 0.6) is 0 Å². The van der Waals surface area contributed by atoms with Crippen molar-refractivity contribution in [2.24, 2.45) is 5.73 Å². The van der Waals surface area contributed by atoms with Crippen LogP contribution in [-0.2, 0) is 4.79 Å². The Morgan fingerprint density at radius 3 is 2.90 bits per heavy atom. The predicted molar refractivity (Wildman–Crippen MR) is 82.6 cm³/mol. The fraction of sp³-hybridized carbons (Fsp3) is 0.375. The van der Waals surface area contributed by atoms with Crippen molar-refractivity contribution in [3.05, 3.63) is 36.0 Å². The van der Waals surface area contributed by atoms with Crippen molar-refractivity contribution in [1.82, 2.24) is 4.98 Å². The van der Waals surface area contributed by atoms with Crippen LogP contribution in [-0.4, -0.2) is 16.9 Å². The molecule has 1 aromatic carbocycles. The molecule has 1 amide bonds. The number of hydrogen-bond acceptors (Lipinski definition) is 3. The topological polar surface area (TPSA) is 68.0 Å². The molecule has 0 saturated heterocycles. The van der Waals surface area contributed by atoms with Crippen LogP contribution < -0.4 is 11.1 Å². The minimum atomic E-state index is -0.463. The number of rotatable bonds is 5. The van der Waals surface area contributed by atoms with Gasteiger partial charge in [-0.3, -0.25) is 9.78 Å². The van der Waals surface area contributed by atoms with Crippen molar-refractivity contribution >= 4 is 22.5 Å². The first-order chi connectivity index (χ1) is 9.61. The van der Waals surface area contributed by atoms with Gasteiger partial charge in [0, 0.05) is 11.1 Å². The third kappa shape index (κ3) is 3.33. The normalized spacial score (nSPS) is 12.3. The van der Waals surface area contributed by atoms with Crippen LogP contribution in [0.1, 0.15) is 31.9 Å². The molecule has 4 heteroatoms. The predicted octanol–water partition coefficient (Wildman–Crippen LogP) is 3.00. The van der Waals surface area contributed by atoms with Crippen molar-refractivity contribution in [3.63, 3.8) is 0 Å². The fourth-order valence-electron chi connectivity index (χ4n) is 2.13. The molecule has 0 aliphatic heterocycles. The summed E-state index contributed by atoms with van der Waals surface area (Å²) in [5.41, 5.74) is 8.35. The zero-order valence-electron chi connectivity index (χ0n) is 12.0. The van der Waals surface area contributed by atoms with E-state index in [4.69, 9.17) is 5.73 Å². The number of nitrogens with zero attached hydrogens (tertiary/aromatic N) is 1. The largest absolute Gasteiger partial charge is 0.323 e. The molecular formula is C16H21N3O. The Morgan fingerprint density at radius 1 is 1.35 bits per heavy atom. The minimum absolute atomic E-state index is 0.144. The van der Waals surface area contributed by atoms with Crippen LogP contribution in [0.2, 0.25) is 0 Å². The van der Waals surface area contributed by atoms with Crippen molar-refractivity contribution in [2.45, 2.75) is 39.2 Å². The maximum atomic E-state index is 12.1. The van der Waals surface area contributed by atoms with E-state index < -0.39 is 6.04 Å². The molecule has 0 aliphatic rings. The third-order valence-corrected chi connectivity index (χ3v) is 3.32. The summed E-state index contributed by atoms with van der Waals surface area (Å²) < 4.78 is 0. The third-order valence-electron chi connectivity index (χ3n) is 3.32. The first-order valence-corrected chi connectivity index (χ1v) is 7.04. The van der Waals surface area contributed by atoms with Gasteiger partial charge >= 0.3 is 0 Å². The van der Waals surface area contributed by atoms with E-state index in [1.165, 1.54) is 0 Å². The summed E-state index contributed by atoms with van der Waals surface area (Å²) in [5.74, 6) is -0.144. The number of pyridine rings is 1. The monoisotopic (exact) mass is 271 g/mol. The van der Waals surface area contributed by atoms with Crippen LogP contribution in [0.25, 0.3) is 10.9 Å². The SMILES string of the molecule is CCCCC(N)C(=O)Nc1cccc2ccc(C)nc12. The number of nitrogens with two attached hydrogens (primary N) is 1. The number of unbranched alkanes of at least 4 members (excludes halogenated alkanes) is 1. The second-order valence-corrected chi connectivity index (χ2v) is 5.07. The average molecular weight is 271 g/mol. The van der Waals surface area contributed by atoms with Crippen molar-refractivity contribution in [2.75, 3.05) is 5.32 Å². The van der Waals surface area contributed by atoms with E-state index in [0.29, 0.717) is 6.42 Å². The Balaban J connectivity index is 2.21. The minimum Gasteiger partial charge on any atom is -0.323 e. The van der Waals surface area contributed by atoms with E-state index in [1.54, 1.807) is 0 Å². The molecule has 0 radical (unpaired) electrons. The Kier molecular flexibility index (Phi) is 4.69. The lowest BCUT2D eigenvalue weighted by Crippen LogP contribution is -2.35. The molecule has 4 nitrogen and oxygen atoms in total. The zero-order chi connectivity index (χ0) is 14.5. The Bertz CT molecular complexity index is 610. The molecule has 106 valence electrons. The molecule has 1 heterocycles. The number of fused-ring (bicyclic) bond motifs is 1. The van der Waals surface area contributed by atoms with Gasteiger partial charge in [-0.15, -0.1) is 0 Å². The van der Waals surface area contributed by atoms with Gasteiger partial charge in [-0.2, -0.15) is 0 Å². The highest BCUT2D eigenvalue weighted by Gasteiger charge is 2.14. The number of aryl methyl sites for hydroxylation is 1. The second kappa shape index (κ2) is 6.48. The summed E-state index contributed by atoms with van der Waals surface area (Å²) in [5, 5.41) is 3.90. The van der Waals surface area contributed by atoms with Crippen LogP contribution in [0, 0.1) is 6.92 Å². The summed E-state index contributed by atoms with van der Waals surface area (Å²) in [6, 6.07) is 9.25. The first kappa shape index (κ1) is 14.5. The van der Waals surface area contributed by atoms with Gasteiger partial charge in [0.05, 0.1) is 17.2 Å². The molecule has 2 aromatic rings. The van der Waals surface area contributed by atoms with Gasteiger partial charge in [0.15, 0.2) is 0 Å². The van der Waals surface area contributed by atoms with E-state index in [-0.39, 0.29) is 5.91 Å². The van der Waals surface area contributed by atoms with E-state index in [2.05, 4.69) is 17.2 Å². The van der Waals surface area contributed by atoms with Crippen LogP contribution >= 0.6 is 0 Å². The number of nitrogens with one attached hydrogen (secondary N) is 1. The highest BCUT2D eigenvalue weighted by molar-refractivity contribution is 6.02. The smallest absolute Gasteiger partial charge is 0.241 e. The van der Waals surface area contributed by atoms with Crippen LogP contribution in [0.4, 0.5) is 5.69 Å². The number of carbonyl (C=O) groups excluding carboxylic acids is 1. The molecule has 0 saturated carbocycles. The summed E-state index contributed by atoms with van der Waals surface area (Å²) in [6.07, 6.45) is 2.71. The lowest BCUT2D eigenvalue weighted by Gasteiger charge is -2.13. The molecule has 0 aliphatic carbocycles. The molecule has 20 heavy (non-hydrogen) atoms. The van der Waals surface area contributed by atoms with Crippen LogP contribution in [0.15, 0.2) is 30.3 Å². The molecule has 1 atom stereocenters. The number of benzene rings is 1. The Morgan fingerprint density at radius 2 is 2.15 bits per heavy atom. The number of para-hydroxylation sites is 1. The van der Waals surface area contributed by atoms with Gasteiger partial charge < -0.3 is 11.1 Å². The van der Waals surface area contributed by atoms with E-state index in [0.717, 1.165) is 35.1 Å². The fourth-order valence-corrected chi connectivity index (χ4v) is 2.13. The molecular weight excluding hydrogens is 250 g/mol. The molecule has 0 bridgehead atoms. The number of hydrogen-bond donors (Lipinski definition) is 2. The quantitative estimate of drug-likeness (QED) is 0.878. The number of anilines is 1. The van der Waals surface area contributed by atoms with Gasteiger partial charge in [-0.25, -0.2) is 0 Å². The zero-order valence-corrected chi connectivity index (χ0v) is 12.0. The van der Waals surface area contributed by atoms with Crippen molar-refractivity contribution in [3.8, 4) is 0 Å². The molecule has 3 N–H and O–H groups in total. The van der Waals surface area contributed by atoms with Gasteiger partial charge in [-0.1, -0.05) is 38.0 Å². The molecule has 2 rings (SSSR count). The van der Waals surface area contributed by atoms with E-state index >= 15 is 0 Å². The van der Waals surface area contributed by atoms with Crippen molar-refractivity contribution in [1.29, 1.82) is 0 Å². The molecule has 1 unspecified atom stereocenters. The maximum Gasteiger partial charge on any atom is 0.241 e. The van der Waals surface area contributed by atoms with Crippen molar-refractivity contribution < 1.29 is 4.79 Å². The standard InChI is InChI=1S/C16H21N3O/c1-3-4-7-13(17)16(20)19-14-8-5-6-12-10-9-11(2)18-15(12)14/h5-6,8-10,13H,3-4,7,17H2,1-2H3,(H,19,20). The molecule has 0 fully saturated rings. The number of aromatic nitrogens is 1. The summed E-state index contributed by atoms with van der Waals surface area (Å²) >= 11 is 0. The highest BCUT2D eigenvalue weighted by Crippen LogP contribution is 2.22. The van der Waals surface area contributed by atoms with Gasteiger partial charge in [-0.05, 0) is 25.5 Å². The summed E-state index contributed by atoms with van der Waals surface area (Å²) in [7, 11) is 0. The summed E-state index contributed by atoms with van der Waals surface area (Å²) in [6.45, 7) is 4.02. The highest BCUT2D eigenvalue weighted by atomic mass is 16.2. The first-order valence-electron chi connectivity index (χ1n) is 7.04. The lowest BCUT2D eigenvalue weighted by atomic mass is 10.1. The maximum absolute atomic E-state index is 12.1. The summed E-state index contributed by atoms with van der Waals surface area (Å²) in [4.78, 5) is 16.6. The van der Waals surface area contributed by atoms with Gasteiger partial charge in [0.1, 0.15) is 0 Å². The van der Waals surface area contributed by atoms with E-state index in [1.807, 2.05) is 37.3 Å². The molecule has 1 aromatic heterocycles. The van der Waals surface area contributed by atoms with Gasteiger partial charge in [0.25, 0.3) is 0 Å². The average Bonchev–Trinajstić information content (AvgIpc) is 2.45. The lowest BCUT2D eigenvalue weighted by molar-refractivity contribution is -0.117. The van der Waals surface area contributed by atoms with Crippen LogP contribution in [0.3, 0.4) is 0 Å². The Labute approximate surface area is 119 Å². The molecule has 0 spiro atoms. The van der Waals surface area contributed by atoms with E-state index in [9.17, 15) is 4.79 Å². The van der Waals surface area contributed by atoms with Gasteiger partial charge in [0.2, 0.25) is 5.91 Å². The Hall–Kier alpha value is -1.94.